The highest BCUT2D eigenvalue weighted by Gasteiger charge is 2.25. The second kappa shape index (κ2) is 3.37. The van der Waals surface area contributed by atoms with E-state index >= 15 is 0 Å². The summed E-state index contributed by atoms with van der Waals surface area (Å²) in [6.07, 6.45) is 2.69. The van der Waals surface area contributed by atoms with Crippen molar-refractivity contribution in [3.8, 4) is 0 Å². The van der Waals surface area contributed by atoms with E-state index in [-0.39, 0.29) is 5.60 Å². The molecule has 2 N–H and O–H groups in total. The van der Waals surface area contributed by atoms with Gasteiger partial charge in [-0.2, -0.15) is 0 Å². The molecule has 0 heterocycles. The van der Waals surface area contributed by atoms with Crippen molar-refractivity contribution in [2.45, 2.75) is 38.2 Å². The summed E-state index contributed by atoms with van der Waals surface area (Å²) in [5.74, 6) is 6.06. The Bertz CT molecular complexity index is 312. The number of rotatable bonds is 3. The fourth-order valence-electron chi connectivity index (χ4n) is 1.64. The van der Waals surface area contributed by atoms with E-state index in [9.17, 15) is 0 Å². The van der Waals surface area contributed by atoms with E-state index in [1.54, 1.807) is 0 Å². The Labute approximate surface area is 85.0 Å². The highest BCUT2D eigenvalue weighted by molar-refractivity contribution is 5.30. The maximum absolute atomic E-state index is 5.25. The van der Waals surface area contributed by atoms with Crippen molar-refractivity contribution in [2.75, 3.05) is 0 Å². The molecular weight excluding hydrogens is 174 g/mol. The van der Waals surface area contributed by atoms with Crippen LogP contribution in [0.2, 0.25) is 0 Å². The number of benzene rings is 1. The lowest BCUT2D eigenvalue weighted by Crippen LogP contribution is -2.25. The van der Waals surface area contributed by atoms with Gasteiger partial charge in [-0.1, -0.05) is 24.3 Å². The van der Waals surface area contributed by atoms with Gasteiger partial charge in [-0.3, -0.25) is 4.84 Å². The first kappa shape index (κ1) is 9.69. The Hall–Kier alpha value is -0.860. The topological polar surface area (TPSA) is 35.2 Å². The monoisotopic (exact) mass is 191 g/mol. The first-order valence-corrected chi connectivity index (χ1v) is 5.12. The Kier molecular flexibility index (Phi) is 2.33. The van der Waals surface area contributed by atoms with E-state index in [1.165, 1.54) is 18.4 Å². The summed E-state index contributed by atoms with van der Waals surface area (Å²) in [4.78, 5) is 4.94. The predicted octanol–water partition coefficient (Wildman–Crippen LogP) is 2.69. The van der Waals surface area contributed by atoms with Gasteiger partial charge in [-0.25, -0.2) is 5.90 Å². The molecule has 76 valence electrons. The summed E-state index contributed by atoms with van der Waals surface area (Å²) in [6, 6.07) is 8.60. The van der Waals surface area contributed by atoms with Gasteiger partial charge in [-0.15, -0.1) is 0 Å². The molecule has 2 nitrogen and oxygen atoms in total. The fraction of sp³-hybridized carbons (Fsp3) is 0.500. The van der Waals surface area contributed by atoms with Crippen LogP contribution < -0.4 is 5.90 Å². The minimum atomic E-state index is -0.387. The van der Waals surface area contributed by atoms with Crippen molar-refractivity contribution in [3.63, 3.8) is 0 Å². The first-order chi connectivity index (χ1) is 6.63. The summed E-state index contributed by atoms with van der Waals surface area (Å²) in [5.41, 5.74) is 2.19. The molecule has 0 aliphatic heterocycles. The minimum Gasteiger partial charge on any atom is -0.294 e. The second-order valence-corrected chi connectivity index (χ2v) is 4.52. The van der Waals surface area contributed by atoms with E-state index in [2.05, 4.69) is 24.3 Å². The molecule has 1 fully saturated rings. The molecule has 1 aliphatic carbocycles. The SMILES string of the molecule is CC(C)(ON)c1ccc(C2CC2)cc1. The molecule has 0 amide bonds. The molecule has 0 bridgehead atoms. The largest absolute Gasteiger partial charge is 0.294 e. The minimum absolute atomic E-state index is 0.387. The maximum atomic E-state index is 5.25. The van der Waals surface area contributed by atoms with Gasteiger partial charge in [0, 0.05) is 0 Å². The van der Waals surface area contributed by atoms with Gasteiger partial charge in [0.25, 0.3) is 0 Å². The van der Waals surface area contributed by atoms with E-state index in [1.807, 2.05) is 13.8 Å². The van der Waals surface area contributed by atoms with Crippen molar-refractivity contribution in [3.05, 3.63) is 35.4 Å². The van der Waals surface area contributed by atoms with Crippen LogP contribution in [0.3, 0.4) is 0 Å². The van der Waals surface area contributed by atoms with Gasteiger partial charge >= 0.3 is 0 Å². The van der Waals surface area contributed by atoms with Crippen LogP contribution in [-0.2, 0) is 10.4 Å². The molecule has 0 spiro atoms. The van der Waals surface area contributed by atoms with Crippen LogP contribution in [0, 0.1) is 0 Å². The third-order valence-electron chi connectivity index (χ3n) is 2.95. The van der Waals surface area contributed by atoms with Crippen LogP contribution in [-0.4, -0.2) is 0 Å². The van der Waals surface area contributed by atoms with Gasteiger partial charge in [0.05, 0.1) is 0 Å². The number of hydrogen-bond donors (Lipinski definition) is 1. The standard InChI is InChI=1S/C12H17NO/c1-12(2,14-13)11-7-5-10(6-8-11)9-3-4-9/h5-9H,3-4,13H2,1-2H3. The van der Waals surface area contributed by atoms with E-state index in [4.69, 9.17) is 10.7 Å². The molecule has 1 aromatic carbocycles. The molecule has 1 saturated carbocycles. The molecule has 14 heavy (non-hydrogen) atoms. The second-order valence-electron chi connectivity index (χ2n) is 4.52. The zero-order chi connectivity index (χ0) is 10.2. The molecule has 0 aromatic heterocycles. The zero-order valence-corrected chi connectivity index (χ0v) is 8.79. The Morgan fingerprint density at radius 3 is 2.21 bits per heavy atom. The summed E-state index contributed by atoms with van der Waals surface area (Å²) < 4.78 is 0. The van der Waals surface area contributed by atoms with Gasteiger partial charge in [-0.05, 0) is 43.7 Å². The third kappa shape index (κ3) is 1.81. The van der Waals surface area contributed by atoms with Crippen molar-refractivity contribution in [2.24, 2.45) is 5.90 Å². The quantitative estimate of drug-likeness (QED) is 0.745. The highest BCUT2D eigenvalue weighted by atomic mass is 16.6. The molecule has 0 unspecified atom stereocenters. The normalized spacial score (nSPS) is 17.1. The molecular formula is C12H17NO. The summed E-state index contributed by atoms with van der Waals surface area (Å²) in [7, 11) is 0. The first-order valence-electron chi connectivity index (χ1n) is 5.12. The lowest BCUT2D eigenvalue weighted by atomic mass is 9.96. The number of nitrogens with two attached hydrogens (primary N) is 1. The van der Waals surface area contributed by atoms with Crippen molar-refractivity contribution in [1.29, 1.82) is 0 Å². The van der Waals surface area contributed by atoms with Crippen molar-refractivity contribution < 1.29 is 4.84 Å². The fourth-order valence-corrected chi connectivity index (χ4v) is 1.64. The highest BCUT2D eigenvalue weighted by Crippen LogP contribution is 2.40. The Balaban J connectivity index is 2.20. The van der Waals surface area contributed by atoms with Crippen molar-refractivity contribution >= 4 is 0 Å². The van der Waals surface area contributed by atoms with E-state index in [0.29, 0.717) is 0 Å². The van der Waals surface area contributed by atoms with E-state index in [0.717, 1.165) is 11.5 Å². The average Bonchev–Trinajstić information content (AvgIpc) is 3.01. The molecule has 0 saturated heterocycles. The summed E-state index contributed by atoms with van der Waals surface area (Å²) in [5, 5.41) is 0. The summed E-state index contributed by atoms with van der Waals surface area (Å²) in [6.45, 7) is 3.94. The lowest BCUT2D eigenvalue weighted by molar-refractivity contribution is -0.0236. The number of hydrogen-bond acceptors (Lipinski definition) is 2. The maximum Gasteiger partial charge on any atom is 0.109 e. The van der Waals surface area contributed by atoms with Crippen molar-refractivity contribution in [1.82, 2.24) is 0 Å². The van der Waals surface area contributed by atoms with Gasteiger partial charge in [0.1, 0.15) is 5.60 Å². The molecule has 0 atom stereocenters. The molecule has 0 radical (unpaired) electrons. The van der Waals surface area contributed by atoms with Gasteiger partial charge in [0.15, 0.2) is 0 Å². The summed E-state index contributed by atoms with van der Waals surface area (Å²) >= 11 is 0. The van der Waals surface area contributed by atoms with E-state index < -0.39 is 0 Å². The van der Waals surface area contributed by atoms with Gasteiger partial charge < -0.3 is 0 Å². The van der Waals surface area contributed by atoms with Gasteiger partial charge in [0.2, 0.25) is 0 Å². The average molecular weight is 191 g/mol. The predicted molar refractivity (Wildman–Crippen MR) is 56.7 cm³/mol. The Morgan fingerprint density at radius 1 is 1.21 bits per heavy atom. The van der Waals surface area contributed by atoms with Crippen LogP contribution in [0.1, 0.15) is 43.7 Å². The van der Waals surface area contributed by atoms with Crippen LogP contribution in [0.15, 0.2) is 24.3 Å². The van der Waals surface area contributed by atoms with Crippen LogP contribution >= 0.6 is 0 Å². The zero-order valence-electron chi connectivity index (χ0n) is 8.79. The smallest absolute Gasteiger partial charge is 0.109 e. The molecule has 1 aromatic rings. The third-order valence-corrected chi connectivity index (χ3v) is 2.95. The van der Waals surface area contributed by atoms with Crippen LogP contribution in [0.5, 0.6) is 0 Å². The van der Waals surface area contributed by atoms with Crippen LogP contribution in [0.4, 0.5) is 0 Å². The lowest BCUT2D eigenvalue weighted by Gasteiger charge is -2.22. The molecule has 2 rings (SSSR count). The molecule has 2 heteroatoms. The Morgan fingerprint density at radius 2 is 1.79 bits per heavy atom. The molecule has 1 aliphatic rings. The van der Waals surface area contributed by atoms with Crippen LogP contribution in [0.25, 0.3) is 0 Å².